The molecule has 1 aromatic heterocycles. The summed E-state index contributed by atoms with van der Waals surface area (Å²) in [5.41, 5.74) is 0.936. The van der Waals surface area contributed by atoms with Gasteiger partial charge in [0.2, 0.25) is 0 Å². The molecule has 0 aromatic carbocycles. The van der Waals surface area contributed by atoms with E-state index in [-0.39, 0.29) is 0 Å². The van der Waals surface area contributed by atoms with Gasteiger partial charge in [-0.2, -0.15) is 5.10 Å². The summed E-state index contributed by atoms with van der Waals surface area (Å²) < 4.78 is 10.8. The molecule has 0 saturated carbocycles. The zero-order chi connectivity index (χ0) is 14.6. The number of hydrogen-bond donors (Lipinski definition) is 1. The van der Waals surface area contributed by atoms with Crippen molar-refractivity contribution in [3.8, 4) is 0 Å². The Morgan fingerprint density at radius 1 is 1.05 bits per heavy atom. The topological polar surface area (TPSA) is 59.5 Å². The van der Waals surface area contributed by atoms with Crippen molar-refractivity contribution in [2.75, 3.05) is 51.5 Å². The summed E-state index contributed by atoms with van der Waals surface area (Å²) in [5, 5.41) is 11.6. The predicted molar refractivity (Wildman–Crippen MR) is 80.0 cm³/mol. The average Bonchev–Trinajstić information content (AvgIpc) is 2.47. The predicted octanol–water partition coefficient (Wildman–Crippen LogP) is 1.08. The largest absolute Gasteiger partial charge is 0.380 e. The van der Waals surface area contributed by atoms with Gasteiger partial charge in [-0.1, -0.05) is 0 Å². The normalized spacial score (nSPS) is 10.8. The van der Waals surface area contributed by atoms with Gasteiger partial charge in [0, 0.05) is 32.8 Å². The van der Waals surface area contributed by atoms with Crippen molar-refractivity contribution in [2.24, 2.45) is 0 Å². The minimum Gasteiger partial charge on any atom is -0.380 e. The van der Waals surface area contributed by atoms with E-state index in [1.165, 1.54) is 0 Å². The first-order chi connectivity index (χ1) is 9.81. The Morgan fingerprint density at radius 2 is 1.70 bits per heavy atom. The highest BCUT2D eigenvalue weighted by Crippen LogP contribution is 2.09. The van der Waals surface area contributed by atoms with Crippen molar-refractivity contribution in [1.82, 2.24) is 15.5 Å². The Bertz CT molecular complexity index is 336. The summed E-state index contributed by atoms with van der Waals surface area (Å²) in [4.78, 5) is 2.14. The SMILES string of the molecule is CCOCCN(CCOCC)c1ccc(CNC)nn1. The maximum Gasteiger partial charge on any atom is 0.151 e. The van der Waals surface area contributed by atoms with Crippen molar-refractivity contribution in [2.45, 2.75) is 20.4 Å². The summed E-state index contributed by atoms with van der Waals surface area (Å²) >= 11 is 0. The van der Waals surface area contributed by atoms with Gasteiger partial charge in [-0.3, -0.25) is 0 Å². The van der Waals surface area contributed by atoms with Crippen LogP contribution in [0.25, 0.3) is 0 Å². The van der Waals surface area contributed by atoms with E-state index >= 15 is 0 Å². The molecule has 1 heterocycles. The molecule has 0 aliphatic carbocycles. The number of hydrogen-bond acceptors (Lipinski definition) is 6. The van der Waals surface area contributed by atoms with E-state index in [2.05, 4.69) is 20.4 Å². The highest BCUT2D eigenvalue weighted by Gasteiger charge is 2.08. The molecule has 114 valence electrons. The number of aromatic nitrogens is 2. The first kappa shape index (κ1) is 16.8. The molecule has 0 spiro atoms. The smallest absolute Gasteiger partial charge is 0.151 e. The van der Waals surface area contributed by atoms with Crippen molar-refractivity contribution < 1.29 is 9.47 Å². The number of nitrogens with zero attached hydrogens (tertiary/aromatic N) is 3. The zero-order valence-electron chi connectivity index (χ0n) is 12.8. The standard InChI is InChI=1S/C14H26N4O2/c1-4-19-10-8-18(9-11-20-5-2)14-7-6-13(12-15-3)16-17-14/h6-7,15H,4-5,8-12H2,1-3H3. The molecule has 1 aromatic rings. The summed E-state index contributed by atoms with van der Waals surface area (Å²) in [6.07, 6.45) is 0. The molecule has 0 bridgehead atoms. The quantitative estimate of drug-likeness (QED) is 0.613. The van der Waals surface area contributed by atoms with Crippen LogP contribution < -0.4 is 10.2 Å². The lowest BCUT2D eigenvalue weighted by atomic mass is 10.3. The van der Waals surface area contributed by atoms with Crippen LogP contribution in [-0.2, 0) is 16.0 Å². The van der Waals surface area contributed by atoms with E-state index in [0.29, 0.717) is 13.2 Å². The Balaban J connectivity index is 2.59. The lowest BCUT2D eigenvalue weighted by Gasteiger charge is -2.23. The average molecular weight is 282 g/mol. The number of anilines is 1. The molecule has 6 heteroatoms. The van der Waals surface area contributed by atoms with Crippen LogP contribution in [0.1, 0.15) is 19.5 Å². The van der Waals surface area contributed by atoms with E-state index < -0.39 is 0 Å². The highest BCUT2D eigenvalue weighted by atomic mass is 16.5. The Hall–Kier alpha value is -1.24. The van der Waals surface area contributed by atoms with E-state index in [1.54, 1.807) is 0 Å². The lowest BCUT2D eigenvalue weighted by molar-refractivity contribution is 0.141. The van der Waals surface area contributed by atoms with Crippen molar-refractivity contribution in [1.29, 1.82) is 0 Å². The van der Waals surface area contributed by atoms with E-state index in [4.69, 9.17) is 9.47 Å². The third kappa shape index (κ3) is 6.27. The Morgan fingerprint density at radius 3 is 2.15 bits per heavy atom. The fourth-order valence-corrected chi connectivity index (χ4v) is 1.78. The van der Waals surface area contributed by atoms with Crippen molar-refractivity contribution in [3.63, 3.8) is 0 Å². The van der Waals surface area contributed by atoms with Crippen molar-refractivity contribution in [3.05, 3.63) is 17.8 Å². The van der Waals surface area contributed by atoms with E-state index in [0.717, 1.165) is 44.4 Å². The van der Waals surface area contributed by atoms with Gasteiger partial charge < -0.3 is 19.7 Å². The minimum absolute atomic E-state index is 0.683. The molecular formula is C14H26N4O2. The number of ether oxygens (including phenoxy) is 2. The van der Waals surface area contributed by atoms with Gasteiger partial charge in [0.05, 0.1) is 18.9 Å². The Labute approximate surface area is 121 Å². The van der Waals surface area contributed by atoms with Crippen LogP contribution in [0.5, 0.6) is 0 Å². The van der Waals surface area contributed by atoms with Crippen LogP contribution in [0.3, 0.4) is 0 Å². The fourth-order valence-electron chi connectivity index (χ4n) is 1.78. The van der Waals surface area contributed by atoms with Gasteiger partial charge in [0.1, 0.15) is 0 Å². The summed E-state index contributed by atoms with van der Waals surface area (Å²) in [5.74, 6) is 0.865. The summed E-state index contributed by atoms with van der Waals surface area (Å²) in [6, 6.07) is 3.99. The molecule has 0 atom stereocenters. The summed E-state index contributed by atoms with van der Waals surface area (Å²) in [6.45, 7) is 9.13. The molecule has 0 fully saturated rings. The van der Waals surface area contributed by atoms with Crippen LogP contribution in [-0.4, -0.2) is 56.8 Å². The molecule has 0 aliphatic rings. The summed E-state index contributed by atoms with van der Waals surface area (Å²) in [7, 11) is 1.89. The van der Waals surface area contributed by atoms with E-state index in [9.17, 15) is 0 Å². The first-order valence-corrected chi connectivity index (χ1v) is 7.19. The van der Waals surface area contributed by atoms with Crippen LogP contribution in [0, 0.1) is 0 Å². The van der Waals surface area contributed by atoms with Gasteiger partial charge >= 0.3 is 0 Å². The molecule has 6 nitrogen and oxygen atoms in total. The van der Waals surface area contributed by atoms with Crippen LogP contribution >= 0.6 is 0 Å². The maximum absolute atomic E-state index is 5.41. The fraction of sp³-hybridized carbons (Fsp3) is 0.714. The second-order valence-electron chi connectivity index (χ2n) is 4.29. The molecule has 0 amide bonds. The Kier molecular flexibility index (Phi) is 8.86. The zero-order valence-corrected chi connectivity index (χ0v) is 12.8. The molecule has 0 aliphatic heterocycles. The van der Waals surface area contributed by atoms with Gasteiger partial charge in [0.25, 0.3) is 0 Å². The molecule has 1 N–H and O–H groups in total. The molecule has 0 saturated heterocycles. The highest BCUT2D eigenvalue weighted by molar-refractivity contribution is 5.37. The third-order valence-corrected chi connectivity index (χ3v) is 2.81. The third-order valence-electron chi connectivity index (χ3n) is 2.81. The van der Waals surface area contributed by atoms with E-state index in [1.807, 2.05) is 33.0 Å². The number of nitrogens with one attached hydrogen (secondary N) is 1. The minimum atomic E-state index is 0.683. The lowest BCUT2D eigenvalue weighted by Crippen LogP contribution is -2.32. The van der Waals surface area contributed by atoms with Gasteiger partial charge in [-0.25, -0.2) is 0 Å². The van der Waals surface area contributed by atoms with Gasteiger partial charge in [0.15, 0.2) is 5.82 Å². The van der Waals surface area contributed by atoms with Crippen LogP contribution in [0.4, 0.5) is 5.82 Å². The molecule has 1 rings (SSSR count). The molecular weight excluding hydrogens is 256 g/mol. The first-order valence-electron chi connectivity index (χ1n) is 7.19. The van der Waals surface area contributed by atoms with Crippen LogP contribution in [0.2, 0.25) is 0 Å². The molecule has 20 heavy (non-hydrogen) atoms. The number of rotatable bonds is 11. The van der Waals surface area contributed by atoms with Crippen molar-refractivity contribution >= 4 is 5.82 Å². The van der Waals surface area contributed by atoms with Crippen LogP contribution in [0.15, 0.2) is 12.1 Å². The maximum atomic E-state index is 5.41. The van der Waals surface area contributed by atoms with Gasteiger partial charge in [-0.15, -0.1) is 5.10 Å². The van der Waals surface area contributed by atoms with Gasteiger partial charge in [-0.05, 0) is 33.0 Å². The molecule has 0 radical (unpaired) electrons. The second-order valence-corrected chi connectivity index (χ2v) is 4.29. The molecule has 0 unspecified atom stereocenters. The monoisotopic (exact) mass is 282 g/mol. The second kappa shape index (κ2) is 10.5.